The molecule has 0 radical (unpaired) electrons. The van der Waals surface area contributed by atoms with E-state index in [1.54, 1.807) is 35.6 Å². The van der Waals surface area contributed by atoms with Crippen LogP contribution in [0.2, 0.25) is 0 Å². The molecule has 0 saturated carbocycles. The summed E-state index contributed by atoms with van der Waals surface area (Å²) in [6, 6.07) is 10.9. The van der Waals surface area contributed by atoms with Gasteiger partial charge in [0, 0.05) is 4.88 Å². The molecule has 0 spiro atoms. The molecule has 1 N–H and O–H groups in total. The van der Waals surface area contributed by atoms with E-state index in [0.29, 0.717) is 11.1 Å². The van der Waals surface area contributed by atoms with Crippen LogP contribution >= 0.6 is 11.3 Å². The predicted molar refractivity (Wildman–Crippen MR) is 76.5 cm³/mol. The molecule has 2 aromatic rings. The Morgan fingerprint density at radius 3 is 2.16 bits per heavy atom. The number of fused-ring (bicyclic) bond motifs is 1. The molecule has 0 atom stereocenters. The van der Waals surface area contributed by atoms with Gasteiger partial charge in [-0.1, -0.05) is 24.3 Å². The van der Waals surface area contributed by atoms with E-state index in [1.807, 2.05) is 6.08 Å². The van der Waals surface area contributed by atoms with Crippen molar-refractivity contribution >= 4 is 23.2 Å². The van der Waals surface area contributed by atoms with Gasteiger partial charge in [-0.25, -0.2) is 0 Å². The zero-order valence-electron chi connectivity index (χ0n) is 10.3. The first-order valence-electron chi connectivity index (χ1n) is 5.80. The van der Waals surface area contributed by atoms with Crippen LogP contribution in [0, 0.1) is 0 Å². The largest absolute Gasteiger partial charge is 0.288 e. The number of thiophene rings is 1. The third-order valence-electron chi connectivity index (χ3n) is 2.57. The summed E-state index contributed by atoms with van der Waals surface area (Å²) >= 11 is 1.78. The van der Waals surface area contributed by atoms with Crippen molar-refractivity contribution in [3.8, 4) is 0 Å². The lowest BCUT2D eigenvalue weighted by Crippen LogP contribution is -2.19. The van der Waals surface area contributed by atoms with Gasteiger partial charge in [0.1, 0.15) is 0 Å². The molecule has 4 heteroatoms. The number of rotatable bonds is 2. The van der Waals surface area contributed by atoms with Gasteiger partial charge in [-0.15, -0.1) is 17.9 Å². The Hall–Kier alpha value is -2.20. The molecular weight excluding hydrogens is 258 g/mol. The lowest BCUT2D eigenvalue weighted by atomic mass is 10.1. The van der Waals surface area contributed by atoms with Crippen molar-refractivity contribution in [3.63, 3.8) is 0 Å². The zero-order valence-corrected chi connectivity index (χ0v) is 11.1. The maximum absolute atomic E-state index is 10.9. The molecule has 1 aromatic heterocycles. The smallest absolute Gasteiger partial charge is 0.258 e. The SMILES string of the molecule is C=CCc1cccs1.O=C1NC(=O)c2ccccc21. The summed E-state index contributed by atoms with van der Waals surface area (Å²) < 4.78 is 0. The summed E-state index contributed by atoms with van der Waals surface area (Å²) in [6.45, 7) is 3.64. The molecule has 2 heterocycles. The highest BCUT2D eigenvalue weighted by atomic mass is 32.1. The van der Waals surface area contributed by atoms with Gasteiger partial charge in [0.2, 0.25) is 0 Å². The van der Waals surface area contributed by atoms with Gasteiger partial charge in [0.15, 0.2) is 0 Å². The molecule has 1 aliphatic heterocycles. The van der Waals surface area contributed by atoms with E-state index in [4.69, 9.17) is 0 Å². The topological polar surface area (TPSA) is 46.2 Å². The molecule has 3 nitrogen and oxygen atoms in total. The van der Waals surface area contributed by atoms with Crippen molar-refractivity contribution in [1.82, 2.24) is 5.32 Å². The molecule has 1 aliphatic rings. The predicted octanol–water partition coefficient (Wildman–Crippen LogP) is 3.05. The third kappa shape index (κ3) is 3.17. The molecule has 1 aromatic carbocycles. The molecule has 2 amide bonds. The fraction of sp³-hybridized carbons (Fsp3) is 0.0667. The highest BCUT2D eigenvalue weighted by Crippen LogP contribution is 2.13. The number of hydrogen-bond acceptors (Lipinski definition) is 3. The Bertz CT molecular complexity index is 569. The second-order valence-electron chi connectivity index (χ2n) is 3.90. The number of carbonyl (C=O) groups excluding carboxylic acids is 2. The van der Waals surface area contributed by atoms with E-state index in [1.165, 1.54) is 4.88 Å². The molecule has 0 bridgehead atoms. The lowest BCUT2D eigenvalue weighted by molar-refractivity contribution is 0.0879. The second kappa shape index (κ2) is 6.11. The Labute approximate surface area is 115 Å². The van der Waals surface area contributed by atoms with Crippen molar-refractivity contribution in [2.75, 3.05) is 0 Å². The maximum Gasteiger partial charge on any atom is 0.258 e. The molecule has 0 aliphatic carbocycles. The summed E-state index contributed by atoms with van der Waals surface area (Å²) in [6.07, 6.45) is 2.93. The van der Waals surface area contributed by atoms with Crippen LogP contribution in [-0.2, 0) is 6.42 Å². The van der Waals surface area contributed by atoms with E-state index in [9.17, 15) is 9.59 Å². The van der Waals surface area contributed by atoms with Crippen LogP contribution < -0.4 is 5.32 Å². The maximum atomic E-state index is 10.9. The molecular formula is C15H13NO2S. The van der Waals surface area contributed by atoms with Crippen LogP contribution in [0.5, 0.6) is 0 Å². The first kappa shape index (κ1) is 13.2. The number of allylic oxidation sites excluding steroid dienone is 1. The van der Waals surface area contributed by atoms with Gasteiger partial charge in [-0.3, -0.25) is 14.9 Å². The van der Waals surface area contributed by atoms with Crippen LogP contribution in [0.15, 0.2) is 54.4 Å². The summed E-state index contributed by atoms with van der Waals surface area (Å²) in [5.41, 5.74) is 0.940. The second-order valence-corrected chi connectivity index (χ2v) is 4.93. The van der Waals surface area contributed by atoms with Crippen LogP contribution in [0.1, 0.15) is 25.6 Å². The Morgan fingerprint density at radius 2 is 1.68 bits per heavy atom. The number of imide groups is 1. The van der Waals surface area contributed by atoms with Crippen LogP contribution in [-0.4, -0.2) is 11.8 Å². The minimum atomic E-state index is -0.300. The quantitative estimate of drug-likeness (QED) is 0.674. The highest BCUT2D eigenvalue weighted by molar-refractivity contribution is 7.09. The minimum absolute atomic E-state index is 0.300. The summed E-state index contributed by atoms with van der Waals surface area (Å²) in [4.78, 5) is 23.3. The van der Waals surface area contributed by atoms with Crippen molar-refractivity contribution in [1.29, 1.82) is 0 Å². The van der Waals surface area contributed by atoms with Gasteiger partial charge < -0.3 is 0 Å². The zero-order chi connectivity index (χ0) is 13.7. The number of carbonyl (C=O) groups is 2. The average molecular weight is 271 g/mol. The Morgan fingerprint density at radius 1 is 1.05 bits per heavy atom. The number of nitrogens with one attached hydrogen (secondary N) is 1. The van der Waals surface area contributed by atoms with Gasteiger partial charge in [0.25, 0.3) is 11.8 Å². The van der Waals surface area contributed by atoms with Gasteiger partial charge >= 0.3 is 0 Å². The average Bonchev–Trinajstić information content (AvgIpc) is 3.01. The normalized spacial score (nSPS) is 12.2. The Kier molecular flexibility index (Phi) is 4.26. The first-order valence-corrected chi connectivity index (χ1v) is 6.68. The Balaban J connectivity index is 0.000000148. The van der Waals surface area contributed by atoms with Crippen molar-refractivity contribution < 1.29 is 9.59 Å². The lowest BCUT2D eigenvalue weighted by Gasteiger charge is -1.88. The van der Waals surface area contributed by atoms with Crippen LogP contribution in [0.25, 0.3) is 0 Å². The van der Waals surface area contributed by atoms with E-state index < -0.39 is 0 Å². The van der Waals surface area contributed by atoms with E-state index in [2.05, 4.69) is 29.4 Å². The van der Waals surface area contributed by atoms with E-state index >= 15 is 0 Å². The highest BCUT2D eigenvalue weighted by Gasteiger charge is 2.25. The number of amides is 2. The van der Waals surface area contributed by atoms with Crippen LogP contribution in [0.4, 0.5) is 0 Å². The van der Waals surface area contributed by atoms with Crippen molar-refractivity contribution in [2.45, 2.75) is 6.42 Å². The van der Waals surface area contributed by atoms with Crippen LogP contribution in [0.3, 0.4) is 0 Å². The fourth-order valence-corrected chi connectivity index (χ4v) is 2.39. The molecule has 19 heavy (non-hydrogen) atoms. The van der Waals surface area contributed by atoms with Gasteiger partial charge in [0.05, 0.1) is 11.1 Å². The number of hydrogen-bond donors (Lipinski definition) is 1. The first-order chi connectivity index (χ1) is 9.22. The third-order valence-corrected chi connectivity index (χ3v) is 3.47. The molecule has 96 valence electrons. The molecule has 0 fully saturated rings. The van der Waals surface area contributed by atoms with Gasteiger partial charge in [-0.05, 0) is 30.0 Å². The fourth-order valence-electron chi connectivity index (χ4n) is 1.69. The standard InChI is InChI=1S/C8H5NO2.C7H8S/c10-7-5-3-1-2-4-6(5)8(11)9-7;1-2-4-7-5-3-6-8-7/h1-4H,(H,9,10,11);2-3,5-6H,1,4H2. The van der Waals surface area contributed by atoms with Crippen molar-refractivity contribution in [2.24, 2.45) is 0 Å². The molecule has 3 rings (SSSR count). The summed E-state index contributed by atoms with van der Waals surface area (Å²) in [5, 5.41) is 4.29. The van der Waals surface area contributed by atoms with E-state index in [-0.39, 0.29) is 11.8 Å². The number of benzene rings is 1. The summed E-state index contributed by atoms with van der Waals surface area (Å²) in [7, 11) is 0. The van der Waals surface area contributed by atoms with E-state index in [0.717, 1.165) is 6.42 Å². The molecule has 0 saturated heterocycles. The van der Waals surface area contributed by atoms with Gasteiger partial charge in [-0.2, -0.15) is 0 Å². The van der Waals surface area contributed by atoms with Crippen molar-refractivity contribution in [3.05, 3.63) is 70.4 Å². The monoisotopic (exact) mass is 271 g/mol. The minimum Gasteiger partial charge on any atom is -0.288 e. The molecule has 0 unspecified atom stereocenters. The summed E-state index contributed by atoms with van der Waals surface area (Å²) in [5.74, 6) is -0.601.